The van der Waals surface area contributed by atoms with Crippen LogP contribution in [0.4, 0.5) is 4.79 Å². The second-order valence-electron chi connectivity index (χ2n) is 7.32. The van der Waals surface area contributed by atoms with Crippen LogP contribution in [0.1, 0.15) is 40.2 Å². The second-order valence-corrected chi connectivity index (χ2v) is 7.32. The van der Waals surface area contributed by atoms with E-state index >= 15 is 0 Å². The molecule has 1 aromatic rings. The summed E-state index contributed by atoms with van der Waals surface area (Å²) in [5, 5.41) is 5.47. The highest BCUT2D eigenvalue weighted by Gasteiger charge is 2.45. The van der Waals surface area contributed by atoms with Crippen LogP contribution in [0.5, 0.6) is 0 Å². The fraction of sp³-hybridized carbons (Fsp3) is 0.500. The van der Waals surface area contributed by atoms with E-state index in [9.17, 15) is 14.4 Å². The van der Waals surface area contributed by atoms with Gasteiger partial charge in [0, 0.05) is 11.5 Å². The van der Waals surface area contributed by atoms with Gasteiger partial charge in [0.1, 0.15) is 12.1 Å². The molecule has 2 N–H and O–H groups in total. The number of amides is 4. The summed E-state index contributed by atoms with van der Waals surface area (Å²) in [6, 6.07) is 9.20. The van der Waals surface area contributed by atoms with Gasteiger partial charge < -0.3 is 10.6 Å². The largest absolute Gasteiger partial charge is 0.351 e. The van der Waals surface area contributed by atoms with Crippen molar-refractivity contribution in [2.45, 2.75) is 51.6 Å². The molecular formula is C18H25N3O3. The van der Waals surface area contributed by atoms with Gasteiger partial charge in [-0.3, -0.25) is 14.5 Å². The molecule has 130 valence electrons. The van der Waals surface area contributed by atoms with Crippen molar-refractivity contribution in [1.29, 1.82) is 0 Å². The lowest BCUT2D eigenvalue weighted by Gasteiger charge is -2.33. The Morgan fingerprint density at radius 3 is 2.33 bits per heavy atom. The van der Waals surface area contributed by atoms with Crippen LogP contribution in [0.2, 0.25) is 0 Å². The molecule has 4 amide bonds. The van der Waals surface area contributed by atoms with Crippen LogP contribution in [0.15, 0.2) is 30.3 Å². The number of nitrogens with one attached hydrogen (secondary N) is 2. The number of carbonyl (C=O) groups excluding carboxylic acids is 3. The van der Waals surface area contributed by atoms with Crippen molar-refractivity contribution in [3.8, 4) is 0 Å². The zero-order valence-electron chi connectivity index (χ0n) is 14.8. The average molecular weight is 331 g/mol. The molecule has 1 fully saturated rings. The van der Waals surface area contributed by atoms with Gasteiger partial charge in [0.2, 0.25) is 5.91 Å². The minimum atomic E-state index is -0.966. The third-order valence-electron chi connectivity index (χ3n) is 4.72. The van der Waals surface area contributed by atoms with Crippen LogP contribution in [0.25, 0.3) is 0 Å². The van der Waals surface area contributed by atoms with Crippen LogP contribution in [-0.4, -0.2) is 40.9 Å². The van der Waals surface area contributed by atoms with Crippen molar-refractivity contribution in [2.75, 3.05) is 6.54 Å². The lowest BCUT2D eigenvalue weighted by Crippen LogP contribution is -2.50. The summed E-state index contributed by atoms with van der Waals surface area (Å²) >= 11 is 0. The monoisotopic (exact) mass is 331 g/mol. The highest BCUT2D eigenvalue weighted by Crippen LogP contribution is 2.26. The fourth-order valence-electron chi connectivity index (χ4n) is 2.69. The highest BCUT2D eigenvalue weighted by molar-refractivity contribution is 6.08. The van der Waals surface area contributed by atoms with Crippen LogP contribution in [-0.2, 0) is 15.0 Å². The molecule has 1 atom stereocenters. The minimum Gasteiger partial charge on any atom is -0.351 e. The predicted molar refractivity (Wildman–Crippen MR) is 91.4 cm³/mol. The Balaban J connectivity index is 2.02. The lowest BCUT2D eigenvalue weighted by molar-refractivity contribution is -0.134. The van der Waals surface area contributed by atoms with Gasteiger partial charge in [0.05, 0.1) is 0 Å². The first kappa shape index (κ1) is 18.0. The number of rotatable bonds is 5. The van der Waals surface area contributed by atoms with E-state index in [2.05, 4.69) is 10.6 Å². The van der Waals surface area contributed by atoms with Gasteiger partial charge in [-0.25, -0.2) is 4.79 Å². The Labute approximate surface area is 142 Å². The smallest absolute Gasteiger partial charge is 0.325 e. The maximum absolute atomic E-state index is 12.3. The predicted octanol–water partition coefficient (Wildman–Crippen LogP) is 1.80. The van der Waals surface area contributed by atoms with E-state index in [-0.39, 0.29) is 23.9 Å². The van der Waals surface area contributed by atoms with Crippen molar-refractivity contribution in [3.05, 3.63) is 35.9 Å². The molecule has 0 unspecified atom stereocenters. The van der Waals surface area contributed by atoms with Gasteiger partial charge >= 0.3 is 6.03 Å². The Hall–Kier alpha value is -2.37. The molecular weight excluding hydrogens is 306 g/mol. The minimum absolute atomic E-state index is 0.166. The van der Waals surface area contributed by atoms with Crippen LogP contribution in [0, 0.1) is 0 Å². The van der Waals surface area contributed by atoms with Crippen molar-refractivity contribution < 1.29 is 14.4 Å². The SMILES string of the molecule is C[C@@H](NC(=O)CN1C(=O)NC(C)(C)C1=O)C(C)(C)c1ccccc1. The van der Waals surface area contributed by atoms with Gasteiger partial charge in [-0.15, -0.1) is 0 Å². The van der Waals surface area contributed by atoms with E-state index in [4.69, 9.17) is 0 Å². The standard InChI is InChI=1S/C18H25N3O3/c1-12(17(2,3)13-9-7-6-8-10-13)19-14(22)11-21-15(23)18(4,5)20-16(21)24/h6-10,12H,11H2,1-5H3,(H,19,22)(H,20,24)/t12-/m1/s1. The quantitative estimate of drug-likeness (QED) is 0.808. The van der Waals surface area contributed by atoms with Gasteiger partial charge in [-0.1, -0.05) is 44.2 Å². The van der Waals surface area contributed by atoms with Gasteiger partial charge in [-0.2, -0.15) is 0 Å². The summed E-state index contributed by atoms with van der Waals surface area (Å²) in [6.07, 6.45) is 0. The molecule has 24 heavy (non-hydrogen) atoms. The molecule has 0 saturated carbocycles. The maximum atomic E-state index is 12.3. The van der Waals surface area contributed by atoms with E-state index in [0.29, 0.717) is 0 Å². The van der Waals surface area contributed by atoms with Crippen LogP contribution in [0.3, 0.4) is 0 Å². The number of nitrogens with zero attached hydrogens (tertiary/aromatic N) is 1. The van der Waals surface area contributed by atoms with E-state index in [1.54, 1.807) is 13.8 Å². The van der Waals surface area contributed by atoms with Crippen LogP contribution >= 0.6 is 0 Å². The molecule has 0 bridgehead atoms. The summed E-state index contributed by atoms with van der Waals surface area (Å²) in [7, 11) is 0. The van der Waals surface area contributed by atoms with Crippen molar-refractivity contribution in [1.82, 2.24) is 15.5 Å². The average Bonchev–Trinajstić information content (AvgIpc) is 2.70. The zero-order chi connectivity index (χ0) is 18.1. The van der Waals surface area contributed by atoms with E-state index < -0.39 is 17.5 Å². The third-order valence-corrected chi connectivity index (χ3v) is 4.72. The molecule has 1 heterocycles. The number of urea groups is 1. The Bertz CT molecular complexity index is 653. The highest BCUT2D eigenvalue weighted by atomic mass is 16.2. The Kier molecular flexibility index (Phi) is 4.69. The molecule has 6 nitrogen and oxygen atoms in total. The van der Waals surface area contributed by atoms with Crippen molar-refractivity contribution in [3.63, 3.8) is 0 Å². The number of hydrogen-bond acceptors (Lipinski definition) is 3. The molecule has 0 spiro atoms. The molecule has 1 aromatic carbocycles. The van der Waals surface area contributed by atoms with Crippen molar-refractivity contribution >= 4 is 17.8 Å². The first-order valence-electron chi connectivity index (χ1n) is 8.04. The van der Waals surface area contributed by atoms with E-state index in [1.807, 2.05) is 51.1 Å². The van der Waals surface area contributed by atoms with E-state index in [1.165, 1.54) is 0 Å². The number of carbonyl (C=O) groups is 3. The molecule has 0 aromatic heterocycles. The second kappa shape index (κ2) is 6.26. The molecule has 1 saturated heterocycles. The summed E-state index contributed by atoms with van der Waals surface area (Å²) in [5.74, 6) is -0.745. The fourth-order valence-corrected chi connectivity index (χ4v) is 2.69. The maximum Gasteiger partial charge on any atom is 0.325 e. The molecule has 1 aliphatic heterocycles. The van der Waals surface area contributed by atoms with Crippen molar-refractivity contribution in [2.24, 2.45) is 0 Å². The first-order valence-corrected chi connectivity index (χ1v) is 8.04. The van der Waals surface area contributed by atoms with Gasteiger partial charge in [0.15, 0.2) is 0 Å². The summed E-state index contributed by atoms with van der Waals surface area (Å²) in [5.41, 5.74) is -0.145. The summed E-state index contributed by atoms with van der Waals surface area (Å²) in [4.78, 5) is 37.3. The Morgan fingerprint density at radius 2 is 1.83 bits per heavy atom. The molecule has 1 aliphatic rings. The summed E-state index contributed by atoms with van der Waals surface area (Å²) < 4.78 is 0. The molecule has 0 radical (unpaired) electrons. The first-order chi connectivity index (χ1) is 11.1. The molecule has 0 aliphatic carbocycles. The zero-order valence-corrected chi connectivity index (χ0v) is 14.8. The van der Waals surface area contributed by atoms with Gasteiger partial charge in [-0.05, 0) is 26.3 Å². The normalized spacial score (nSPS) is 18.3. The number of imide groups is 1. The van der Waals surface area contributed by atoms with Gasteiger partial charge in [0.25, 0.3) is 5.91 Å². The van der Waals surface area contributed by atoms with Crippen LogP contribution < -0.4 is 10.6 Å². The number of hydrogen-bond donors (Lipinski definition) is 2. The lowest BCUT2D eigenvalue weighted by atomic mass is 9.78. The molecule has 2 rings (SSSR count). The number of benzene rings is 1. The topological polar surface area (TPSA) is 78.5 Å². The molecule has 6 heteroatoms. The third kappa shape index (κ3) is 3.42. The Morgan fingerprint density at radius 1 is 1.25 bits per heavy atom. The summed E-state index contributed by atoms with van der Waals surface area (Å²) in [6.45, 7) is 8.97. The van der Waals surface area contributed by atoms with E-state index in [0.717, 1.165) is 10.5 Å².